The minimum Gasteiger partial charge on any atom is -0.454 e. The molecule has 0 fully saturated rings. The number of ether oxygens (including phenoxy) is 2. The molecule has 1 aliphatic rings. The molecule has 0 spiro atoms. The molecule has 0 unspecified atom stereocenters. The fourth-order valence-corrected chi connectivity index (χ4v) is 2.73. The lowest BCUT2D eigenvalue weighted by atomic mass is 10.1. The number of carbonyl (C=O) groups is 1. The standard InChI is InChI=1S/C18H17N5O3/c1-11-3-5-14(12(2)7-11)19-17(24)9-23-21-18(20-22-23)13-4-6-15-16(8-13)26-10-25-15/h3-8H,9-10H2,1-2H3,(H,19,24). The summed E-state index contributed by atoms with van der Waals surface area (Å²) in [4.78, 5) is 13.5. The molecule has 1 amide bonds. The van der Waals surface area contributed by atoms with Crippen LogP contribution < -0.4 is 14.8 Å². The smallest absolute Gasteiger partial charge is 0.248 e. The topological polar surface area (TPSA) is 91.2 Å². The number of tetrazole rings is 1. The van der Waals surface area contributed by atoms with E-state index in [1.54, 1.807) is 12.1 Å². The van der Waals surface area contributed by atoms with Crippen molar-refractivity contribution in [2.45, 2.75) is 20.4 Å². The number of carbonyl (C=O) groups excluding carboxylic acids is 1. The fraction of sp³-hybridized carbons (Fsp3) is 0.222. The van der Waals surface area contributed by atoms with Crippen LogP contribution in [0.5, 0.6) is 11.5 Å². The molecule has 8 heteroatoms. The van der Waals surface area contributed by atoms with Gasteiger partial charge in [0.1, 0.15) is 6.54 Å². The van der Waals surface area contributed by atoms with Gasteiger partial charge in [-0.2, -0.15) is 4.80 Å². The Morgan fingerprint density at radius 2 is 2.00 bits per heavy atom. The van der Waals surface area contributed by atoms with Crippen molar-refractivity contribution in [2.24, 2.45) is 0 Å². The Hall–Kier alpha value is -3.42. The molecule has 8 nitrogen and oxygen atoms in total. The second kappa shape index (κ2) is 6.47. The normalized spacial score (nSPS) is 12.2. The van der Waals surface area contributed by atoms with Gasteiger partial charge in [0.15, 0.2) is 11.5 Å². The zero-order chi connectivity index (χ0) is 18.1. The summed E-state index contributed by atoms with van der Waals surface area (Å²) >= 11 is 0. The summed E-state index contributed by atoms with van der Waals surface area (Å²) in [5, 5.41) is 15.1. The van der Waals surface area contributed by atoms with Crippen molar-refractivity contribution < 1.29 is 14.3 Å². The third kappa shape index (κ3) is 3.21. The third-order valence-electron chi connectivity index (χ3n) is 4.02. The van der Waals surface area contributed by atoms with Gasteiger partial charge in [-0.15, -0.1) is 10.2 Å². The highest BCUT2D eigenvalue weighted by Gasteiger charge is 2.16. The van der Waals surface area contributed by atoms with Gasteiger partial charge in [-0.3, -0.25) is 4.79 Å². The molecule has 0 radical (unpaired) electrons. The van der Waals surface area contributed by atoms with E-state index >= 15 is 0 Å². The van der Waals surface area contributed by atoms with E-state index in [0.29, 0.717) is 17.3 Å². The van der Waals surface area contributed by atoms with Crippen LogP contribution in [0.1, 0.15) is 11.1 Å². The van der Waals surface area contributed by atoms with E-state index in [0.717, 1.165) is 22.4 Å². The third-order valence-corrected chi connectivity index (χ3v) is 4.02. The number of hydrogen-bond acceptors (Lipinski definition) is 6. The van der Waals surface area contributed by atoms with E-state index in [1.165, 1.54) is 4.80 Å². The van der Waals surface area contributed by atoms with Crippen molar-refractivity contribution in [3.8, 4) is 22.9 Å². The quantitative estimate of drug-likeness (QED) is 0.776. The SMILES string of the molecule is Cc1ccc(NC(=O)Cn2nnc(-c3ccc4c(c3)OCO4)n2)c(C)c1. The molecule has 0 bridgehead atoms. The number of amides is 1. The summed E-state index contributed by atoms with van der Waals surface area (Å²) in [5.74, 6) is 1.54. The molecule has 2 aromatic carbocycles. The fourth-order valence-electron chi connectivity index (χ4n) is 2.73. The zero-order valence-electron chi connectivity index (χ0n) is 14.4. The number of hydrogen-bond donors (Lipinski definition) is 1. The highest BCUT2D eigenvalue weighted by Crippen LogP contribution is 2.34. The van der Waals surface area contributed by atoms with Crippen molar-refractivity contribution in [3.63, 3.8) is 0 Å². The van der Waals surface area contributed by atoms with Gasteiger partial charge in [-0.05, 0) is 48.9 Å². The average molecular weight is 351 g/mol. The molecule has 3 aromatic rings. The molecule has 26 heavy (non-hydrogen) atoms. The number of benzene rings is 2. The molecule has 4 rings (SSSR count). The van der Waals surface area contributed by atoms with Crippen LogP contribution >= 0.6 is 0 Å². The minimum atomic E-state index is -0.216. The Kier molecular flexibility index (Phi) is 4.00. The van der Waals surface area contributed by atoms with Crippen molar-refractivity contribution in [2.75, 3.05) is 12.1 Å². The first-order valence-corrected chi connectivity index (χ1v) is 8.13. The zero-order valence-corrected chi connectivity index (χ0v) is 14.4. The summed E-state index contributed by atoms with van der Waals surface area (Å²) in [7, 11) is 0. The van der Waals surface area contributed by atoms with E-state index in [1.807, 2.05) is 38.1 Å². The summed E-state index contributed by atoms with van der Waals surface area (Å²) in [6.07, 6.45) is 0. The van der Waals surface area contributed by atoms with Gasteiger partial charge < -0.3 is 14.8 Å². The molecule has 0 aliphatic carbocycles. The number of rotatable bonds is 4. The first-order valence-electron chi connectivity index (χ1n) is 8.13. The van der Waals surface area contributed by atoms with Crippen molar-refractivity contribution >= 4 is 11.6 Å². The van der Waals surface area contributed by atoms with Gasteiger partial charge in [0.05, 0.1) is 0 Å². The first-order chi connectivity index (χ1) is 12.6. The highest BCUT2D eigenvalue weighted by molar-refractivity contribution is 5.91. The minimum absolute atomic E-state index is 0.0229. The van der Waals surface area contributed by atoms with Crippen LogP contribution in [0.4, 0.5) is 5.69 Å². The number of nitrogens with zero attached hydrogens (tertiary/aromatic N) is 4. The lowest BCUT2D eigenvalue weighted by molar-refractivity contribution is -0.117. The number of aryl methyl sites for hydroxylation is 2. The summed E-state index contributed by atoms with van der Waals surface area (Å²) in [5.41, 5.74) is 3.67. The maximum Gasteiger partial charge on any atom is 0.248 e. The van der Waals surface area contributed by atoms with Crippen LogP contribution in [-0.2, 0) is 11.3 Å². The van der Waals surface area contributed by atoms with E-state index in [9.17, 15) is 4.79 Å². The number of nitrogens with one attached hydrogen (secondary N) is 1. The van der Waals surface area contributed by atoms with Crippen LogP contribution in [-0.4, -0.2) is 32.9 Å². The summed E-state index contributed by atoms with van der Waals surface area (Å²) < 4.78 is 10.6. The molecule has 1 aliphatic heterocycles. The Labute approximate surface area is 149 Å². The first kappa shape index (κ1) is 16.1. The van der Waals surface area contributed by atoms with E-state index < -0.39 is 0 Å². The summed E-state index contributed by atoms with van der Waals surface area (Å²) in [6.45, 7) is 4.14. The van der Waals surface area contributed by atoms with Gasteiger partial charge >= 0.3 is 0 Å². The lowest BCUT2D eigenvalue weighted by Gasteiger charge is -2.08. The molecule has 1 N–H and O–H groups in total. The second-order valence-electron chi connectivity index (χ2n) is 6.08. The number of anilines is 1. The number of aromatic nitrogens is 4. The Morgan fingerprint density at radius 1 is 1.15 bits per heavy atom. The highest BCUT2D eigenvalue weighted by atomic mass is 16.7. The van der Waals surface area contributed by atoms with Gasteiger partial charge in [0.2, 0.25) is 18.5 Å². The number of fused-ring (bicyclic) bond motifs is 1. The van der Waals surface area contributed by atoms with Gasteiger partial charge in [-0.25, -0.2) is 0 Å². The molecule has 0 saturated carbocycles. The molecular formula is C18H17N5O3. The maximum atomic E-state index is 12.2. The average Bonchev–Trinajstić information content (AvgIpc) is 3.25. The Balaban J connectivity index is 1.45. The van der Waals surface area contributed by atoms with Crippen LogP contribution in [0.25, 0.3) is 11.4 Å². The van der Waals surface area contributed by atoms with Crippen molar-refractivity contribution in [3.05, 3.63) is 47.5 Å². The van der Waals surface area contributed by atoms with Crippen LogP contribution in [0.2, 0.25) is 0 Å². The van der Waals surface area contributed by atoms with E-state index in [4.69, 9.17) is 9.47 Å². The predicted molar refractivity (Wildman–Crippen MR) is 93.9 cm³/mol. The van der Waals surface area contributed by atoms with Gasteiger partial charge in [0, 0.05) is 11.3 Å². The van der Waals surface area contributed by atoms with E-state index in [-0.39, 0.29) is 19.2 Å². The molecular weight excluding hydrogens is 334 g/mol. The van der Waals surface area contributed by atoms with Crippen LogP contribution in [0, 0.1) is 13.8 Å². The summed E-state index contributed by atoms with van der Waals surface area (Å²) in [6, 6.07) is 11.3. The van der Waals surface area contributed by atoms with Crippen LogP contribution in [0.15, 0.2) is 36.4 Å². The largest absolute Gasteiger partial charge is 0.454 e. The molecule has 1 aromatic heterocycles. The van der Waals surface area contributed by atoms with Gasteiger partial charge in [-0.1, -0.05) is 17.7 Å². The maximum absolute atomic E-state index is 12.2. The van der Waals surface area contributed by atoms with Crippen LogP contribution in [0.3, 0.4) is 0 Å². The molecule has 2 heterocycles. The lowest BCUT2D eigenvalue weighted by Crippen LogP contribution is -2.21. The molecule has 132 valence electrons. The Bertz CT molecular complexity index is 983. The van der Waals surface area contributed by atoms with Gasteiger partial charge in [0.25, 0.3) is 0 Å². The second-order valence-corrected chi connectivity index (χ2v) is 6.08. The molecule has 0 atom stereocenters. The molecule has 0 saturated heterocycles. The Morgan fingerprint density at radius 3 is 2.85 bits per heavy atom. The predicted octanol–water partition coefficient (Wildman–Crippen LogP) is 2.32. The van der Waals surface area contributed by atoms with Crippen molar-refractivity contribution in [1.29, 1.82) is 0 Å². The van der Waals surface area contributed by atoms with Crippen molar-refractivity contribution in [1.82, 2.24) is 20.2 Å². The monoisotopic (exact) mass is 351 g/mol. The van der Waals surface area contributed by atoms with E-state index in [2.05, 4.69) is 20.7 Å².